The van der Waals surface area contributed by atoms with Gasteiger partial charge in [0.05, 0.1) is 32.3 Å². The molecule has 0 aliphatic carbocycles. The molecule has 0 fully saturated rings. The molecule has 0 spiro atoms. The number of ether oxygens (including phenoxy) is 2. The Morgan fingerprint density at radius 1 is 1.10 bits per heavy atom. The van der Waals surface area contributed by atoms with Crippen LogP contribution in [0, 0.1) is 11.7 Å². The molecule has 0 aliphatic heterocycles. The SMILES string of the molecule is COc1ccc2cnn(CCc3n[nH]c(=S)n3-c3ccc(C)cc3)c(=O)c2c1OC. The minimum Gasteiger partial charge on any atom is -0.493 e. The first-order valence-electron chi connectivity index (χ1n) is 9.37. The molecule has 0 unspecified atom stereocenters. The smallest absolute Gasteiger partial charge is 0.278 e. The van der Waals surface area contributed by atoms with E-state index in [0.29, 0.717) is 40.0 Å². The van der Waals surface area contributed by atoms with Crippen LogP contribution in [0.1, 0.15) is 11.4 Å². The average molecular weight is 423 g/mol. The third-order valence-corrected chi connectivity index (χ3v) is 5.22. The second-order valence-corrected chi connectivity index (χ2v) is 7.19. The third kappa shape index (κ3) is 3.48. The van der Waals surface area contributed by atoms with Crippen LogP contribution in [-0.4, -0.2) is 38.8 Å². The van der Waals surface area contributed by atoms with Gasteiger partial charge in [-0.15, -0.1) is 0 Å². The Morgan fingerprint density at radius 3 is 2.57 bits per heavy atom. The maximum absolute atomic E-state index is 13.1. The topological polar surface area (TPSA) is 87.0 Å². The van der Waals surface area contributed by atoms with Crippen LogP contribution >= 0.6 is 12.2 Å². The van der Waals surface area contributed by atoms with Gasteiger partial charge in [-0.2, -0.15) is 10.2 Å². The quantitative estimate of drug-likeness (QED) is 0.479. The number of aromatic amines is 1. The molecule has 2 aromatic heterocycles. The van der Waals surface area contributed by atoms with Crippen molar-refractivity contribution in [2.24, 2.45) is 0 Å². The number of fused-ring (bicyclic) bond motifs is 1. The molecule has 0 radical (unpaired) electrons. The van der Waals surface area contributed by atoms with Crippen LogP contribution in [0.3, 0.4) is 0 Å². The summed E-state index contributed by atoms with van der Waals surface area (Å²) in [6, 6.07) is 11.6. The van der Waals surface area contributed by atoms with E-state index in [2.05, 4.69) is 15.3 Å². The number of hydrogen-bond donors (Lipinski definition) is 1. The number of hydrogen-bond acceptors (Lipinski definition) is 6. The van der Waals surface area contributed by atoms with Crippen molar-refractivity contribution < 1.29 is 9.47 Å². The summed E-state index contributed by atoms with van der Waals surface area (Å²) in [6.45, 7) is 2.36. The molecule has 154 valence electrons. The van der Waals surface area contributed by atoms with Gasteiger partial charge in [-0.05, 0) is 43.4 Å². The van der Waals surface area contributed by atoms with Gasteiger partial charge in [0.15, 0.2) is 16.3 Å². The lowest BCUT2D eigenvalue weighted by Crippen LogP contribution is -2.24. The summed E-state index contributed by atoms with van der Waals surface area (Å²) in [6.07, 6.45) is 2.11. The van der Waals surface area contributed by atoms with E-state index >= 15 is 0 Å². The second kappa shape index (κ2) is 8.11. The number of H-pyrrole nitrogens is 1. The van der Waals surface area contributed by atoms with Crippen molar-refractivity contribution in [2.75, 3.05) is 14.2 Å². The summed E-state index contributed by atoms with van der Waals surface area (Å²) < 4.78 is 14.5. The Kier molecular flexibility index (Phi) is 5.37. The van der Waals surface area contributed by atoms with E-state index in [1.807, 2.05) is 35.8 Å². The van der Waals surface area contributed by atoms with Crippen LogP contribution in [0.15, 0.2) is 47.4 Å². The highest BCUT2D eigenvalue weighted by molar-refractivity contribution is 7.71. The molecule has 0 saturated heterocycles. The Hall–Kier alpha value is -3.46. The van der Waals surface area contributed by atoms with Crippen LogP contribution < -0.4 is 15.0 Å². The number of nitrogens with one attached hydrogen (secondary N) is 1. The standard InChI is InChI=1S/C21H21N5O3S/c1-13-4-7-15(8-5-13)26-17(23-24-21(26)30)10-11-25-20(27)18-14(12-22-25)6-9-16(28-2)19(18)29-3/h4-9,12H,10-11H2,1-3H3,(H,24,30). The third-order valence-electron chi connectivity index (χ3n) is 4.94. The van der Waals surface area contributed by atoms with Gasteiger partial charge in [0.1, 0.15) is 5.82 Å². The zero-order valence-corrected chi connectivity index (χ0v) is 17.7. The van der Waals surface area contributed by atoms with Gasteiger partial charge >= 0.3 is 0 Å². The zero-order valence-electron chi connectivity index (χ0n) is 16.9. The fraction of sp³-hybridized carbons (Fsp3) is 0.238. The molecule has 8 nitrogen and oxygen atoms in total. The summed E-state index contributed by atoms with van der Waals surface area (Å²) in [7, 11) is 3.05. The Labute approximate surface area is 177 Å². The minimum atomic E-state index is -0.251. The zero-order chi connectivity index (χ0) is 21.3. The van der Waals surface area contributed by atoms with Crippen molar-refractivity contribution >= 4 is 23.0 Å². The van der Waals surface area contributed by atoms with E-state index in [4.69, 9.17) is 21.7 Å². The molecule has 0 aliphatic rings. The summed E-state index contributed by atoms with van der Waals surface area (Å²) >= 11 is 5.40. The van der Waals surface area contributed by atoms with Crippen LogP contribution in [0.25, 0.3) is 16.5 Å². The molecule has 0 bridgehead atoms. The highest BCUT2D eigenvalue weighted by atomic mass is 32.1. The number of aromatic nitrogens is 5. The van der Waals surface area contributed by atoms with E-state index < -0.39 is 0 Å². The summed E-state index contributed by atoms with van der Waals surface area (Å²) in [5, 5.41) is 12.6. The Bertz CT molecular complexity index is 1320. The predicted octanol–water partition coefficient (Wildman–Crippen LogP) is 3.21. The lowest BCUT2D eigenvalue weighted by atomic mass is 10.1. The first-order valence-corrected chi connectivity index (χ1v) is 9.78. The summed E-state index contributed by atoms with van der Waals surface area (Å²) in [5.41, 5.74) is 1.82. The first-order chi connectivity index (χ1) is 14.5. The van der Waals surface area contributed by atoms with Crippen molar-refractivity contribution in [3.8, 4) is 17.2 Å². The number of benzene rings is 2. The number of rotatable bonds is 6. The van der Waals surface area contributed by atoms with Gasteiger partial charge < -0.3 is 9.47 Å². The van der Waals surface area contributed by atoms with Crippen molar-refractivity contribution in [2.45, 2.75) is 19.9 Å². The molecule has 2 aromatic carbocycles. The van der Waals surface area contributed by atoms with Crippen LogP contribution in [0.2, 0.25) is 0 Å². The molecule has 4 aromatic rings. The van der Waals surface area contributed by atoms with Crippen LogP contribution in [-0.2, 0) is 13.0 Å². The maximum atomic E-state index is 13.1. The molecule has 0 saturated carbocycles. The summed E-state index contributed by atoms with van der Waals surface area (Å²) in [4.78, 5) is 13.1. The molecule has 30 heavy (non-hydrogen) atoms. The molecule has 4 rings (SSSR count). The Balaban J connectivity index is 1.70. The Morgan fingerprint density at radius 2 is 1.87 bits per heavy atom. The number of methoxy groups -OCH3 is 2. The van der Waals surface area contributed by atoms with Gasteiger partial charge in [-0.1, -0.05) is 17.7 Å². The molecular formula is C21H21N5O3S. The van der Waals surface area contributed by atoms with Crippen molar-refractivity contribution in [3.05, 3.63) is 69.1 Å². The van der Waals surface area contributed by atoms with E-state index in [9.17, 15) is 4.79 Å². The van der Waals surface area contributed by atoms with E-state index in [1.54, 1.807) is 18.3 Å². The normalized spacial score (nSPS) is 11.0. The maximum Gasteiger partial charge on any atom is 0.278 e. The summed E-state index contributed by atoms with van der Waals surface area (Å²) in [5.74, 6) is 1.62. The average Bonchev–Trinajstić information content (AvgIpc) is 3.13. The molecule has 1 N–H and O–H groups in total. The largest absolute Gasteiger partial charge is 0.493 e. The van der Waals surface area contributed by atoms with Gasteiger partial charge in [-0.25, -0.2) is 4.68 Å². The van der Waals surface area contributed by atoms with E-state index in [0.717, 1.165) is 17.1 Å². The monoisotopic (exact) mass is 423 g/mol. The highest BCUT2D eigenvalue weighted by Gasteiger charge is 2.15. The first kappa shape index (κ1) is 19.8. The van der Waals surface area contributed by atoms with Crippen molar-refractivity contribution in [1.82, 2.24) is 24.5 Å². The van der Waals surface area contributed by atoms with Gasteiger partial charge in [0.25, 0.3) is 5.56 Å². The van der Waals surface area contributed by atoms with Gasteiger partial charge in [0, 0.05) is 17.5 Å². The fourth-order valence-electron chi connectivity index (χ4n) is 3.41. The molecule has 0 amide bonds. The highest BCUT2D eigenvalue weighted by Crippen LogP contribution is 2.32. The van der Waals surface area contributed by atoms with Gasteiger partial charge in [0.2, 0.25) is 0 Å². The van der Waals surface area contributed by atoms with Crippen molar-refractivity contribution in [3.63, 3.8) is 0 Å². The van der Waals surface area contributed by atoms with Crippen molar-refractivity contribution in [1.29, 1.82) is 0 Å². The second-order valence-electron chi connectivity index (χ2n) is 6.80. The molecular weight excluding hydrogens is 402 g/mol. The molecule has 2 heterocycles. The predicted molar refractivity (Wildman–Crippen MR) is 116 cm³/mol. The number of nitrogens with zero attached hydrogens (tertiary/aromatic N) is 4. The minimum absolute atomic E-state index is 0.251. The molecule has 0 atom stereocenters. The van der Waals surface area contributed by atoms with Gasteiger partial charge in [-0.3, -0.25) is 14.5 Å². The van der Waals surface area contributed by atoms with Crippen LogP contribution in [0.4, 0.5) is 0 Å². The van der Waals surface area contributed by atoms with E-state index in [-0.39, 0.29) is 5.56 Å². The lowest BCUT2D eigenvalue weighted by Gasteiger charge is -2.12. The molecule has 9 heteroatoms. The number of aryl methyl sites for hydroxylation is 3. The van der Waals surface area contributed by atoms with Crippen LogP contribution in [0.5, 0.6) is 11.5 Å². The fourth-order valence-corrected chi connectivity index (χ4v) is 3.66. The van der Waals surface area contributed by atoms with E-state index in [1.165, 1.54) is 18.9 Å². The lowest BCUT2D eigenvalue weighted by molar-refractivity contribution is 0.358.